The normalized spacial score (nSPS) is 12.4. The number of hydrogen-bond acceptors (Lipinski definition) is 5. The zero-order valence-corrected chi connectivity index (χ0v) is 17.1. The van der Waals surface area contributed by atoms with Crippen LogP contribution in [-0.4, -0.2) is 30.4 Å². The number of aromatic nitrogens is 5. The van der Waals surface area contributed by atoms with Gasteiger partial charge in [0.2, 0.25) is 0 Å². The van der Waals surface area contributed by atoms with Crippen LogP contribution in [0, 0.1) is 17.5 Å². The van der Waals surface area contributed by atoms with E-state index in [1.807, 2.05) is 0 Å². The second kappa shape index (κ2) is 7.66. The fraction of sp³-hybridized carbons (Fsp3) is 0.0870. The molecule has 0 saturated heterocycles. The van der Waals surface area contributed by atoms with Crippen molar-refractivity contribution in [3.05, 3.63) is 83.7 Å². The maximum atomic E-state index is 15.2. The Labute approximate surface area is 184 Å². The minimum absolute atomic E-state index is 0.168. The first-order chi connectivity index (χ1) is 15.8. The molecule has 1 atom stereocenters. The number of rotatable bonds is 4. The minimum Gasteiger partial charge on any atom is -0.366 e. The van der Waals surface area contributed by atoms with Crippen molar-refractivity contribution >= 4 is 28.1 Å². The van der Waals surface area contributed by atoms with Crippen LogP contribution >= 0.6 is 0 Å². The molecule has 7 nitrogen and oxygen atoms in total. The molecule has 164 valence electrons. The fourth-order valence-electron chi connectivity index (χ4n) is 3.79. The van der Waals surface area contributed by atoms with Crippen molar-refractivity contribution in [2.24, 2.45) is 5.73 Å². The van der Waals surface area contributed by atoms with Gasteiger partial charge >= 0.3 is 0 Å². The van der Waals surface area contributed by atoms with Crippen molar-refractivity contribution < 1.29 is 18.0 Å². The minimum atomic E-state index is -0.887. The Morgan fingerprint density at radius 1 is 1.06 bits per heavy atom. The van der Waals surface area contributed by atoms with E-state index < -0.39 is 29.4 Å². The Balaban J connectivity index is 1.62. The van der Waals surface area contributed by atoms with E-state index in [0.29, 0.717) is 5.56 Å². The molecular weight excluding hydrogens is 433 g/mol. The molecule has 2 aromatic carbocycles. The third-order valence-electron chi connectivity index (χ3n) is 5.48. The van der Waals surface area contributed by atoms with Gasteiger partial charge in [-0.2, -0.15) is 0 Å². The summed E-state index contributed by atoms with van der Waals surface area (Å²) in [6.45, 7) is 1.61. The van der Waals surface area contributed by atoms with Crippen LogP contribution in [0.5, 0.6) is 0 Å². The zero-order chi connectivity index (χ0) is 23.3. The number of primary amides is 1. The molecule has 3 heterocycles. The number of amides is 1. The number of imidazole rings is 1. The Morgan fingerprint density at radius 3 is 2.64 bits per heavy atom. The van der Waals surface area contributed by atoms with Gasteiger partial charge < -0.3 is 10.3 Å². The van der Waals surface area contributed by atoms with Crippen LogP contribution in [0.1, 0.15) is 28.9 Å². The summed E-state index contributed by atoms with van der Waals surface area (Å²) >= 11 is 0. The SMILES string of the molecule is CC(c1c(F)cc2ncccc2c1F)n1cnc2ncc(-c3ccc(C(N)=O)c(F)c3)nc21. The number of halogens is 3. The Kier molecular flexibility index (Phi) is 4.77. The highest BCUT2D eigenvalue weighted by Crippen LogP contribution is 2.31. The first-order valence-corrected chi connectivity index (χ1v) is 9.87. The molecule has 5 aromatic rings. The molecule has 33 heavy (non-hydrogen) atoms. The zero-order valence-electron chi connectivity index (χ0n) is 17.1. The first-order valence-electron chi connectivity index (χ1n) is 9.87. The Morgan fingerprint density at radius 2 is 1.88 bits per heavy atom. The van der Waals surface area contributed by atoms with E-state index in [2.05, 4.69) is 19.9 Å². The number of carbonyl (C=O) groups excluding carboxylic acids is 1. The first kappa shape index (κ1) is 20.6. The van der Waals surface area contributed by atoms with Gasteiger partial charge in [-0.05, 0) is 31.2 Å². The average molecular weight is 448 g/mol. The molecule has 0 spiro atoms. The van der Waals surface area contributed by atoms with E-state index >= 15 is 4.39 Å². The monoisotopic (exact) mass is 448 g/mol. The van der Waals surface area contributed by atoms with Crippen molar-refractivity contribution in [2.45, 2.75) is 13.0 Å². The maximum Gasteiger partial charge on any atom is 0.251 e. The second-order valence-corrected chi connectivity index (χ2v) is 7.45. The van der Waals surface area contributed by atoms with Gasteiger partial charge in [0.25, 0.3) is 5.91 Å². The van der Waals surface area contributed by atoms with Crippen LogP contribution in [0.15, 0.2) is 55.1 Å². The highest BCUT2D eigenvalue weighted by Gasteiger charge is 2.23. The summed E-state index contributed by atoms with van der Waals surface area (Å²) in [6, 6.07) is 7.33. The third kappa shape index (κ3) is 3.36. The fourth-order valence-corrected chi connectivity index (χ4v) is 3.79. The molecule has 0 aliphatic rings. The third-order valence-corrected chi connectivity index (χ3v) is 5.48. The molecule has 10 heteroatoms. The molecule has 0 aliphatic heterocycles. The van der Waals surface area contributed by atoms with Gasteiger partial charge in [0.05, 0.1) is 35.3 Å². The van der Waals surface area contributed by atoms with Gasteiger partial charge in [-0.25, -0.2) is 28.1 Å². The van der Waals surface area contributed by atoms with Crippen LogP contribution in [0.4, 0.5) is 13.2 Å². The van der Waals surface area contributed by atoms with Crippen LogP contribution in [0.3, 0.4) is 0 Å². The summed E-state index contributed by atoms with van der Waals surface area (Å²) < 4.78 is 45.8. The van der Waals surface area contributed by atoms with Crippen molar-refractivity contribution in [3.8, 4) is 11.3 Å². The standard InChI is InChI=1S/C23H15F3N6O/c1-11(19-16(25)8-17-14(20(19)26)3-2-6-28-17)32-10-30-22-23(32)31-18(9-29-22)12-4-5-13(21(27)33)15(24)7-12/h2-11H,1H3,(H2,27,33). The van der Waals surface area contributed by atoms with Crippen molar-refractivity contribution in [1.82, 2.24) is 24.5 Å². The number of carbonyl (C=O) groups is 1. The lowest BCUT2D eigenvalue weighted by Crippen LogP contribution is -2.13. The van der Waals surface area contributed by atoms with Gasteiger partial charge in [0.15, 0.2) is 11.3 Å². The van der Waals surface area contributed by atoms with Crippen LogP contribution in [-0.2, 0) is 0 Å². The highest BCUT2D eigenvalue weighted by molar-refractivity contribution is 5.93. The van der Waals surface area contributed by atoms with Crippen LogP contribution in [0.2, 0.25) is 0 Å². The van der Waals surface area contributed by atoms with Gasteiger partial charge in [0.1, 0.15) is 17.5 Å². The van der Waals surface area contributed by atoms with E-state index in [-0.39, 0.29) is 39.0 Å². The molecule has 0 saturated carbocycles. The van der Waals surface area contributed by atoms with E-state index in [0.717, 1.165) is 6.07 Å². The van der Waals surface area contributed by atoms with E-state index in [9.17, 15) is 13.6 Å². The van der Waals surface area contributed by atoms with Crippen molar-refractivity contribution in [3.63, 3.8) is 0 Å². The summed E-state index contributed by atoms with van der Waals surface area (Å²) in [4.78, 5) is 28.2. The summed E-state index contributed by atoms with van der Waals surface area (Å²) in [5, 5.41) is 0.196. The van der Waals surface area contributed by atoms with Gasteiger partial charge in [0, 0.05) is 28.8 Å². The smallest absolute Gasteiger partial charge is 0.251 e. The largest absolute Gasteiger partial charge is 0.366 e. The van der Waals surface area contributed by atoms with Crippen molar-refractivity contribution in [2.75, 3.05) is 0 Å². The number of pyridine rings is 1. The Bertz CT molecular complexity index is 1570. The molecule has 0 aliphatic carbocycles. The summed E-state index contributed by atoms with van der Waals surface area (Å²) in [5.41, 5.74) is 6.09. The molecule has 3 aromatic heterocycles. The van der Waals surface area contributed by atoms with Crippen LogP contribution in [0.25, 0.3) is 33.5 Å². The molecule has 1 amide bonds. The van der Waals surface area contributed by atoms with Gasteiger partial charge in [-0.15, -0.1) is 0 Å². The molecule has 2 N–H and O–H groups in total. The second-order valence-electron chi connectivity index (χ2n) is 7.45. The molecule has 0 radical (unpaired) electrons. The number of nitrogens with zero attached hydrogens (tertiary/aromatic N) is 5. The topological polar surface area (TPSA) is 99.6 Å². The van der Waals surface area contributed by atoms with Crippen molar-refractivity contribution in [1.29, 1.82) is 0 Å². The van der Waals surface area contributed by atoms with Crippen LogP contribution < -0.4 is 5.73 Å². The van der Waals surface area contributed by atoms with E-state index in [4.69, 9.17) is 5.73 Å². The lowest BCUT2D eigenvalue weighted by molar-refractivity contribution is 0.0996. The number of hydrogen-bond donors (Lipinski definition) is 1. The number of benzene rings is 2. The summed E-state index contributed by atoms with van der Waals surface area (Å²) in [5.74, 6) is -3.15. The van der Waals surface area contributed by atoms with E-state index in [1.165, 1.54) is 47.6 Å². The van der Waals surface area contributed by atoms with E-state index in [1.54, 1.807) is 13.0 Å². The number of fused-ring (bicyclic) bond motifs is 2. The number of nitrogens with two attached hydrogens (primary N) is 1. The summed E-state index contributed by atoms with van der Waals surface area (Å²) in [6.07, 6.45) is 4.25. The predicted molar refractivity (Wildman–Crippen MR) is 115 cm³/mol. The molecule has 0 fully saturated rings. The molecule has 5 rings (SSSR count). The molecule has 1 unspecified atom stereocenters. The highest BCUT2D eigenvalue weighted by atomic mass is 19.1. The predicted octanol–water partition coefficient (Wildman–Crippen LogP) is 4.17. The quantitative estimate of drug-likeness (QED) is 0.445. The average Bonchev–Trinajstić information content (AvgIpc) is 3.22. The molecular formula is C23H15F3N6O. The lowest BCUT2D eigenvalue weighted by Gasteiger charge is -2.17. The van der Waals surface area contributed by atoms with Gasteiger partial charge in [-0.1, -0.05) is 6.07 Å². The Hall–Kier alpha value is -4.34. The maximum absolute atomic E-state index is 15.2. The lowest BCUT2D eigenvalue weighted by atomic mass is 10.0. The summed E-state index contributed by atoms with van der Waals surface area (Å²) in [7, 11) is 0. The molecule has 0 bridgehead atoms. The van der Waals surface area contributed by atoms with Gasteiger partial charge in [-0.3, -0.25) is 9.78 Å².